The van der Waals surface area contributed by atoms with Crippen molar-refractivity contribution in [3.63, 3.8) is 0 Å². The van der Waals surface area contributed by atoms with Crippen LogP contribution in [0.15, 0.2) is 24.3 Å². The second-order valence-electron chi connectivity index (χ2n) is 10.7. The molecular formula is C27H38N4O4. The molecule has 1 N–H and O–H groups in total. The van der Waals surface area contributed by atoms with E-state index in [9.17, 15) is 14.4 Å². The van der Waals surface area contributed by atoms with Crippen molar-refractivity contribution in [1.82, 2.24) is 15.1 Å². The van der Waals surface area contributed by atoms with E-state index in [4.69, 9.17) is 4.74 Å². The Morgan fingerprint density at radius 1 is 1.06 bits per heavy atom. The minimum absolute atomic E-state index is 0.0662. The predicted molar refractivity (Wildman–Crippen MR) is 133 cm³/mol. The molecule has 2 heterocycles. The smallest absolute Gasteiger partial charge is 0.252 e. The minimum Gasteiger partial charge on any atom is -0.495 e. The third kappa shape index (κ3) is 5.32. The third-order valence-corrected chi connectivity index (χ3v) is 8.57. The number of hydrogen-bond acceptors (Lipinski definition) is 6. The summed E-state index contributed by atoms with van der Waals surface area (Å²) in [5.41, 5.74) is 1.12. The number of benzene rings is 1. The number of carbonyl (C=O) groups is 3. The minimum atomic E-state index is -0.682. The molecule has 2 aliphatic carbocycles. The zero-order valence-electron chi connectivity index (χ0n) is 20.8. The van der Waals surface area contributed by atoms with Crippen LogP contribution < -0.4 is 15.0 Å². The molecule has 190 valence electrons. The standard InChI is InChI=1S/C27H38N4O4/c1-35-24-6-3-2-5-23(24)30-13-11-29(12-14-30)9-4-10-31-26(33)18-22(27(31)34)28-25(32)17-21-16-19-7-8-20(21)15-19/h2-3,5-6,19-22H,4,7-18H2,1H3,(H,28,32)/t19?,20?,21?,22-/m0/s1. The summed E-state index contributed by atoms with van der Waals surface area (Å²) in [7, 11) is 1.70. The van der Waals surface area contributed by atoms with E-state index in [-0.39, 0.29) is 24.1 Å². The number of hydrogen-bond donors (Lipinski definition) is 1. The number of amides is 3. The summed E-state index contributed by atoms with van der Waals surface area (Å²) in [6, 6.07) is 7.40. The van der Waals surface area contributed by atoms with E-state index >= 15 is 0 Å². The van der Waals surface area contributed by atoms with Crippen LogP contribution in [0.25, 0.3) is 0 Å². The number of piperazine rings is 1. The monoisotopic (exact) mass is 482 g/mol. The first kappa shape index (κ1) is 24.1. The maximum atomic E-state index is 12.8. The molecule has 35 heavy (non-hydrogen) atoms. The Morgan fingerprint density at radius 3 is 2.57 bits per heavy atom. The van der Waals surface area contributed by atoms with Gasteiger partial charge in [-0.05, 0) is 62.1 Å². The summed E-state index contributed by atoms with van der Waals surface area (Å²) < 4.78 is 5.49. The van der Waals surface area contributed by atoms with Crippen molar-refractivity contribution in [3.05, 3.63) is 24.3 Å². The number of methoxy groups -OCH3 is 1. The van der Waals surface area contributed by atoms with Gasteiger partial charge in [0.2, 0.25) is 11.8 Å². The zero-order chi connectivity index (χ0) is 24.4. The van der Waals surface area contributed by atoms with Crippen molar-refractivity contribution in [2.24, 2.45) is 17.8 Å². The van der Waals surface area contributed by atoms with Gasteiger partial charge in [-0.3, -0.25) is 24.2 Å². The van der Waals surface area contributed by atoms with Gasteiger partial charge in [0.15, 0.2) is 0 Å². The van der Waals surface area contributed by atoms with E-state index in [1.165, 1.54) is 24.2 Å². The number of rotatable bonds is 9. The predicted octanol–water partition coefficient (Wildman–Crippen LogP) is 2.28. The molecule has 4 atom stereocenters. The Kier molecular flexibility index (Phi) is 7.27. The Bertz CT molecular complexity index is 945. The molecule has 1 aromatic rings. The van der Waals surface area contributed by atoms with Gasteiger partial charge in [-0.25, -0.2) is 0 Å². The SMILES string of the molecule is COc1ccccc1N1CCN(CCCN2C(=O)C[C@H](NC(=O)CC3CC4CCC3C4)C2=O)CC1. The summed E-state index contributed by atoms with van der Waals surface area (Å²) in [4.78, 5) is 43.9. The first-order valence-electron chi connectivity index (χ1n) is 13.3. The first-order chi connectivity index (χ1) is 17.0. The van der Waals surface area contributed by atoms with Crippen molar-refractivity contribution in [1.29, 1.82) is 0 Å². The van der Waals surface area contributed by atoms with Crippen molar-refractivity contribution >= 4 is 23.4 Å². The summed E-state index contributed by atoms with van der Waals surface area (Å²) in [5, 5.41) is 2.87. The lowest BCUT2D eigenvalue weighted by molar-refractivity contribution is -0.140. The van der Waals surface area contributed by atoms with Crippen molar-refractivity contribution < 1.29 is 19.1 Å². The quantitative estimate of drug-likeness (QED) is 0.544. The molecule has 2 saturated heterocycles. The Labute approximate surface area is 207 Å². The molecule has 0 spiro atoms. The van der Waals surface area contributed by atoms with Crippen LogP contribution in [0.1, 0.15) is 44.9 Å². The molecule has 0 aromatic heterocycles. The molecule has 4 aliphatic rings. The van der Waals surface area contributed by atoms with E-state index in [0.29, 0.717) is 24.8 Å². The molecule has 5 rings (SSSR count). The molecule has 2 saturated carbocycles. The highest BCUT2D eigenvalue weighted by molar-refractivity contribution is 6.06. The molecule has 0 radical (unpaired) electrons. The van der Waals surface area contributed by atoms with E-state index in [0.717, 1.165) is 62.9 Å². The van der Waals surface area contributed by atoms with Gasteiger partial charge >= 0.3 is 0 Å². The van der Waals surface area contributed by atoms with Crippen LogP contribution in [0.5, 0.6) is 5.75 Å². The summed E-state index contributed by atoms with van der Waals surface area (Å²) >= 11 is 0. The molecule has 4 fully saturated rings. The maximum Gasteiger partial charge on any atom is 0.252 e. The highest BCUT2D eigenvalue weighted by Crippen LogP contribution is 2.49. The summed E-state index contributed by atoms with van der Waals surface area (Å²) in [6.07, 6.45) is 6.31. The number of ether oxygens (including phenoxy) is 1. The van der Waals surface area contributed by atoms with Crippen LogP contribution in [-0.4, -0.2) is 79.9 Å². The molecule has 2 bridgehead atoms. The van der Waals surface area contributed by atoms with Crippen LogP contribution in [0.2, 0.25) is 0 Å². The van der Waals surface area contributed by atoms with E-state index in [1.54, 1.807) is 7.11 Å². The molecular weight excluding hydrogens is 444 g/mol. The van der Waals surface area contributed by atoms with Gasteiger partial charge in [0, 0.05) is 39.1 Å². The van der Waals surface area contributed by atoms with Gasteiger partial charge in [-0.1, -0.05) is 18.6 Å². The second-order valence-corrected chi connectivity index (χ2v) is 10.7. The average Bonchev–Trinajstić information content (AvgIpc) is 3.56. The topological polar surface area (TPSA) is 82.2 Å². The second kappa shape index (κ2) is 10.6. The lowest BCUT2D eigenvalue weighted by Gasteiger charge is -2.36. The Morgan fingerprint density at radius 2 is 1.86 bits per heavy atom. The van der Waals surface area contributed by atoms with Crippen molar-refractivity contribution in [3.8, 4) is 5.75 Å². The maximum absolute atomic E-state index is 12.8. The summed E-state index contributed by atoms with van der Waals surface area (Å²) in [5.74, 6) is 2.36. The van der Waals surface area contributed by atoms with Crippen molar-refractivity contribution in [2.45, 2.75) is 51.0 Å². The van der Waals surface area contributed by atoms with Gasteiger partial charge in [-0.15, -0.1) is 0 Å². The normalized spacial score (nSPS) is 28.7. The van der Waals surface area contributed by atoms with Gasteiger partial charge in [0.25, 0.3) is 5.91 Å². The number of fused-ring (bicyclic) bond motifs is 2. The Balaban J connectivity index is 1.03. The summed E-state index contributed by atoms with van der Waals surface area (Å²) in [6.45, 7) is 4.96. The van der Waals surface area contributed by atoms with E-state index in [1.807, 2.05) is 18.2 Å². The number of anilines is 1. The van der Waals surface area contributed by atoms with E-state index in [2.05, 4.69) is 21.2 Å². The number of nitrogens with zero attached hydrogens (tertiary/aromatic N) is 3. The fourth-order valence-electron chi connectivity index (χ4n) is 6.70. The third-order valence-electron chi connectivity index (χ3n) is 8.57. The molecule has 3 amide bonds. The van der Waals surface area contributed by atoms with Crippen LogP contribution in [0.3, 0.4) is 0 Å². The largest absolute Gasteiger partial charge is 0.495 e. The number of likely N-dealkylation sites (tertiary alicyclic amines) is 1. The highest BCUT2D eigenvalue weighted by Gasteiger charge is 2.42. The number of para-hydroxylation sites is 2. The number of nitrogens with one attached hydrogen (secondary N) is 1. The highest BCUT2D eigenvalue weighted by atomic mass is 16.5. The fraction of sp³-hybridized carbons (Fsp3) is 0.667. The van der Waals surface area contributed by atoms with Crippen LogP contribution >= 0.6 is 0 Å². The molecule has 1 aromatic carbocycles. The first-order valence-corrected chi connectivity index (χ1v) is 13.3. The molecule has 8 nitrogen and oxygen atoms in total. The fourth-order valence-corrected chi connectivity index (χ4v) is 6.70. The lowest BCUT2D eigenvalue weighted by atomic mass is 9.86. The molecule has 2 aliphatic heterocycles. The number of carbonyl (C=O) groups excluding carboxylic acids is 3. The van der Waals surface area contributed by atoms with Gasteiger partial charge in [-0.2, -0.15) is 0 Å². The van der Waals surface area contributed by atoms with Gasteiger partial charge in [0.1, 0.15) is 11.8 Å². The molecule has 3 unspecified atom stereocenters. The van der Waals surface area contributed by atoms with E-state index < -0.39 is 6.04 Å². The van der Waals surface area contributed by atoms with Gasteiger partial charge < -0.3 is 15.0 Å². The van der Waals surface area contributed by atoms with Crippen LogP contribution in [0, 0.1) is 17.8 Å². The average molecular weight is 483 g/mol. The number of imide groups is 1. The lowest BCUT2D eigenvalue weighted by Crippen LogP contribution is -2.47. The van der Waals surface area contributed by atoms with Crippen molar-refractivity contribution in [2.75, 3.05) is 51.3 Å². The van der Waals surface area contributed by atoms with Crippen LogP contribution in [0.4, 0.5) is 5.69 Å². The Hall–Kier alpha value is -2.61. The van der Waals surface area contributed by atoms with Gasteiger partial charge in [0.05, 0.1) is 19.2 Å². The zero-order valence-corrected chi connectivity index (χ0v) is 20.8. The van der Waals surface area contributed by atoms with Crippen LogP contribution in [-0.2, 0) is 14.4 Å². The molecule has 8 heteroatoms.